The molecule has 25 heavy (non-hydrogen) atoms. The number of fused-ring (bicyclic) bond motifs is 7. The molecule has 2 unspecified atom stereocenters. The van der Waals surface area contributed by atoms with E-state index in [-0.39, 0.29) is 6.10 Å². The molecule has 0 saturated heterocycles. The molecule has 0 aromatic rings. The molecule has 0 bridgehead atoms. The van der Waals surface area contributed by atoms with Crippen LogP contribution in [0.4, 0.5) is 0 Å². The first kappa shape index (κ1) is 17.0. The van der Waals surface area contributed by atoms with Crippen molar-refractivity contribution in [3.05, 3.63) is 0 Å². The third-order valence-electron chi connectivity index (χ3n) is 10.3. The second-order valence-electron chi connectivity index (χ2n) is 11.7. The standard InChI is InChI=1S/C23H38O2/c1-13(24)19-16-11-17(16)20-15-6-5-14-12-21(2,25)9-10-22(14,3)18(15)7-8-23(19,20)4/h13-20,24-25H,5-12H2,1-4H3/t13?,14-,15+,16-,17+,18-,19?,20+,21+,22-,23+/m0/s1. The third-order valence-corrected chi connectivity index (χ3v) is 10.3. The molecule has 5 saturated carbocycles. The van der Waals surface area contributed by atoms with Gasteiger partial charge in [-0.25, -0.2) is 0 Å². The molecule has 5 aliphatic rings. The average Bonchev–Trinajstić information content (AvgIpc) is 3.21. The highest BCUT2D eigenvalue weighted by Gasteiger charge is 2.71. The van der Waals surface area contributed by atoms with Gasteiger partial charge in [0.25, 0.3) is 0 Å². The van der Waals surface area contributed by atoms with Gasteiger partial charge in [-0.15, -0.1) is 0 Å². The lowest BCUT2D eigenvalue weighted by atomic mass is 9.43. The van der Waals surface area contributed by atoms with E-state index in [4.69, 9.17) is 0 Å². The number of aliphatic hydroxyl groups excluding tert-OH is 1. The Labute approximate surface area is 153 Å². The van der Waals surface area contributed by atoms with Crippen molar-refractivity contribution in [1.29, 1.82) is 0 Å². The zero-order valence-corrected chi connectivity index (χ0v) is 16.7. The number of hydrogen-bond acceptors (Lipinski definition) is 2. The second kappa shape index (κ2) is 5.04. The van der Waals surface area contributed by atoms with Gasteiger partial charge in [0.05, 0.1) is 11.7 Å². The summed E-state index contributed by atoms with van der Waals surface area (Å²) >= 11 is 0. The fourth-order valence-electron chi connectivity index (χ4n) is 9.36. The molecular weight excluding hydrogens is 308 g/mol. The van der Waals surface area contributed by atoms with Gasteiger partial charge >= 0.3 is 0 Å². The van der Waals surface area contributed by atoms with Gasteiger partial charge < -0.3 is 10.2 Å². The van der Waals surface area contributed by atoms with Gasteiger partial charge in [-0.1, -0.05) is 13.8 Å². The van der Waals surface area contributed by atoms with E-state index >= 15 is 0 Å². The summed E-state index contributed by atoms with van der Waals surface area (Å²) in [6, 6.07) is 0. The van der Waals surface area contributed by atoms with Crippen LogP contribution in [0.15, 0.2) is 0 Å². The molecular formula is C23H38O2. The molecule has 2 nitrogen and oxygen atoms in total. The molecule has 142 valence electrons. The van der Waals surface area contributed by atoms with Crippen molar-refractivity contribution < 1.29 is 10.2 Å². The molecule has 0 aliphatic heterocycles. The van der Waals surface area contributed by atoms with Gasteiger partial charge in [-0.3, -0.25) is 0 Å². The van der Waals surface area contributed by atoms with Crippen LogP contribution in [0, 0.1) is 52.3 Å². The Hall–Kier alpha value is -0.0800. The van der Waals surface area contributed by atoms with Crippen molar-refractivity contribution in [3.63, 3.8) is 0 Å². The van der Waals surface area contributed by atoms with Crippen molar-refractivity contribution in [2.75, 3.05) is 0 Å². The highest BCUT2D eigenvalue weighted by atomic mass is 16.3. The molecule has 2 heteroatoms. The van der Waals surface area contributed by atoms with E-state index in [1.165, 1.54) is 38.5 Å². The van der Waals surface area contributed by atoms with Gasteiger partial charge in [0.2, 0.25) is 0 Å². The molecule has 0 radical (unpaired) electrons. The van der Waals surface area contributed by atoms with Gasteiger partial charge in [-0.05, 0) is 117 Å². The molecule has 0 amide bonds. The van der Waals surface area contributed by atoms with Crippen LogP contribution >= 0.6 is 0 Å². The highest BCUT2D eigenvalue weighted by molar-refractivity contribution is 5.19. The maximum absolute atomic E-state index is 10.6. The summed E-state index contributed by atoms with van der Waals surface area (Å²) < 4.78 is 0. The van der Waals surface area contributed by atoms with Gasteiger partial charge in [0, 0.05) is 0 Å². The molecule has 5 fully saturated rings. The van der Waals surface area contributed by atoms with Crippen molar-refractivity contribution in [2.24, 2.45) is 52.3 Å². The Bertz CT molecular complexity index is 568. The van der Waals surface area contributed by atoms with Crippen LogP contribution in [0.25, 0.3) is 0 Å². The minimum Gasteiger partial charge on any atom is -0.393 e. The summed E-state index contributed by atoms with van der Waals surface area (Å²) in [5, 5.41) is 21.1. The van der Waals surface area contributed by atoms with Crippen molar-refractivity contribution >= 4 is 0 Å². The molecule has 0 aromatic heterocycles. The minimum absolute atomic E-state index is 0.127. The first-order chi connectivity index (χ1) is 11.7. The third kappa shape index (κ3) is 2.16. The average molecular weight is 347 g/mol. The summed E-state index contributed by atoms with van der Waals surface area (Å²) in [5.41, 5.74) is 0.429. The Balaban J connectivity index is 1.46. The summed E-state index contributed by atoms with van der Waals surface area (Å²) in [4.78, 5) is 0. The lowest BCUT2D eigenvalue weighted by Gasteiger charge is -2.62. The second-order valence-corrected chi connectivity index (χ2v) is 11.7. The van der Waals surface area contributed by atoms with E-state index in [9.17, 15) is 10.2 Å². The first-order valence-corrected chi connectivity index (χ1v) is 11.1. The van der Waals surface area contributed by atoms with E-state index in [0.717, 1.165) is 48.3 Å². The maximum Gasteiger partial charge on any atom is 0.0622 e. The molecule has 5 aliphatic carbocycles. The molecule has 11 atom stereocenters. The zero-order valence-electron chi connectivity index (χ0n) is 16.7. The minimum atomic E-state index is -0.424. The normalized spacial score (nSPS) is 63.8. The Kier molecular flexibility index (Phi) is 3.44. The topological polar surface area (TPSA) is 40.5 Å². The predicted molar refractivity (Wildman–Crippen MR) is 99.9 cm³/mol. The van der Waals surface area contributed by atoms with E-state index < -0.39 is 5.60 Å². The van der Waals surface area contributed by atoms with Crippen LogP contribution in [-0.2, 0) is 0 Å². The van der Waals surface area contributed by atoms with Gasteiger partial charge in [0.15, 0.2) is 0 Å². The zero-order chi connectivity index (χ0) is 17.8. The van der Waals surface area contributed by atoms with Crippen LogP contribution in [0.3, 0.4) is 0 Å². The lowest BCUT2D eigenvalue weighted by Crippen LogP contribution is -2.56. The Morgan fingerprint density at radius 1 is 0.880 bits per heavy atom. The van der Waals surface area contributed by atoms with E-state index in [2.05, 4.69) is 27.7 Å². The van der Waals surface area contributed by atoms with Crippen LogP contribution in [-0.4, -0.2) is 21.9 Å². The largest absolute Gasteiger partial charge is 0.393 e. The van der Waals surface area contributed by atoms with Gasteiger partial charge in [0.1, 0.15) is 0 Å². The number of hydrogen-bond donors (Lipinski definition) is 2. The summed E-state index contributed by atoms with van der Waals surface area (Å²) in [6.45, 7) is 9.24. The fraction of sp³-hybridized carbons (Fsp3) is 1.00. The van der Waals surface area contributed by atoms with Crippen molar-refractivity contribution in [2.45, 2.75) is 90.8 Å². The number of aliphatic hydroxyl groups is 2. The van der Waals surface area contributed by atoms with Crippen LogP contribution in [0.1, 0.15) is 79.1 Å². The summed E-state index contributed by atoms with van der Waals surface area (Å²) in [7, 11) is 0. The molecule has 0 spiro atoms. The number of rotatable bonds is 1. The molecule has 2 N–H and O–H groups in total. The van der Waals surface area contributed by atoms with Crippen molar-refractivity contribution in [3.8, 4) is 0 Å². The van der Waals surface area contributed by atoms with Crippen LogP contribution in [0.2, 0.25) is 0 Å². The molecule has 0 aromatic carbocycles. The highest BCUT2D eigenvalue weighted by Crippen LogP contribution is 2.76. The fourth-order valence-corrected chi connectivity index (χ4v) is 9.36. The Morgan fingerprint density at radius 3 is 2.36 bits per heavy atom. The van der Waals surface area contributed by atoms with Crippen LogP contribution in [0.5, 0.6) is 0 Å². The maximum atomic E-state index is 10.6. The van der Waals surface area contributed by atoms with E-state index in [0.29, 0.717) is 16.7 Å². The molecule has 0 heterocycles. The van der Waals surface area contributed by atoms with Gasteiger partial charge in [-0.2, -0.15) is 0 Å². The Morgan fingerprint density at radius 2 is 1.64 bits per heavy atom. The summed E-state index contributed by atoms with van der Waals surface area (Å²) in [5.74, 6) is 5.66. The van der Waals surface area contributed by atoms with Crippen LogP contribution < -0.4 is 0 Å². The summed E-state index contributed by atoms with van der Waals surface area (Å²) in [6.07, 6.45) is 9.93. The predicted octanol–water partition coefficient (Wildman–Crippen LogP) is 4.63. The van der Waals surface area contributed by atoms with E-state index in [1.807, 2.05) is 0 Å². The van der Waals surface area contributed by atoms with Crippen molar-refractivity contribution in [1.82, 2.24) is 0 Å². The smallest absolute Gasteiger partial charge is 0.0622 e. The van der Waals surface area contributed by atoms with E-state index in [1.54, 1.807) is 0 Å². The lowest BCUT2D eigenvalue weighted by molar-refractivity contribution is -0.156. The quantitative estimate of drug-likeness (QED) is 0.726. The monoisotopic (exact) mass is 346 g/mol. The SMILES string of the molecule is CC(O)C1[C@H]2C[C@H]2[C@H]2[C@@H]3CC[C@H]4C[C@](C)(O)CC[C@]4(C)[C@H]3CC[C@]12C. The first-order valence-electron chi connectivity index (χ1n) is 11.1. The molecule has 5 rings (SSSR count).